The third kappa shape index (κ3) is 5.97. The van der Waals surface area contributed by atoms with Crippen molar-refractivity contribution < 1.29 is 9.53 Å². The van der Waals surface area contributed by atoms with Gasteiger partial charge in [-0.2, -0.15) is 0 Å². The van der Waals surface area contributed by atoms with Gasteiger partial charge in [-0.3, -0.25) is 14.6 Å². The SMILES string of the molecule is CCN1CCCC1CNC(=O)c1ccc(Cl)c(OC2CCN(Cc3ccc4c(c3)c3ccccc3n4CC)CC2)c1. The first-order valence-electron chi connectivity index (χ1n) is 15.2. The molecule has 0 bridgehead atoms. The summed E-state index contributed by atoms with van der Waals surface area (Å²) in [6.45, 7) is 11.0. The summed E-state index contributed by atoms with van der Waals surface area (Å²) in [4.78, 5) is 17.8. The summed E-state index contributed by atoms with van der Waals surface area (Å²) in [5.41, 5.74) is 4.55. The second-order valence-electron chi connectivity index (χ2n) is 11.5. The van der Waals surface area contributed by atoms with Gasteiger partial charge in [0.05, 0.1) is 5.02 Å². The molecule has 3 heterocycles. The van der Waals surface area contributed by atoms with Gasteiger partial charge in [0.25, 0.3) is 5.91 Å². The maximum absolute atomic E-state index is 12.9. The number of benzene rings is 3. The van der Waals surface area contributed by atoms with Crippen LogP contribution in [-0.2, 0) is 13.1 Å². The van der Waals surface area contributed by atoms with E-state index in [9.17, 15) is 4.79 Å². The fourth-order valence-corrected chi connectivity index (χ4v) is 6.92. The summed E-state index contributed by atoms with van der Waals surface area (Å²) >= 11 is 6.50. The number of para-hydroxylation sites is 1. The molecule has 0 spiro atoms. The second kappa shape index (κ2) is 12.4. The third-order valence-corrected chi connectivity index (χ3v) is 9.30. The van der Waals surface area contributed by atoms with Crippen LogP contribution < -0.4 is 10.1 Å². The topological polar surface area (TPSA) is 49.7 Å². The molecule has 3 aromatic carbocycles. The quantitative estimate of drug-likeness (QED) is 0.242. The van der Waals surface area contributed by atoms with E-state index in [1.54, 1.807) is 18.2 Å². The minimum Gasteiger partial charge on any atom is -0.489 e. The zero-order valence-corrected chi connectivity index (χ0v) is 25.0. The molecule has 2 fully saturated rings. The number of nitrogens with one attached hydrogen (secondary N) is 1. The van der Waals surface area contributed by atoms with Crippen LogP contribution in [0.1, 0.15) is 55.5 Å². The number of amides is 1. The molecule has 1 amide bonds. The van der Waals surface area contributed by atoms with Crippen molar-refractivity contribution >= 4 is 39.3 Å². The van der Waals surface area contributed by atoms with Gasteiger partial charge in [-0.15, -0.1) is 0 Å². The number of ether oxygens (including phenoxy) is 1. The first kappa shape index (κ1) is 28.1. The Balaban J connectivity index is 1.05. The van der Waals surface area contributed by atoms with Gasteiger partial charge in [-0.05, 0) is 87.7 Å². The van der Waals surface area contributed by atoms with E-state index in [1.807, 2.05) is 0 Å². The average molecular weight is 573 g/mol. The lowest BCUT2D eigenvalue weighted by molar-refractivity contribution is 0.0928. The Morgan fingerprint density at radius 2 is 1.73 bits per heavy atom. The highest BCUT2D eigenvalue weighted by atomic mass is 35.5. The van der Waals surface area contributed by atoms with E-state index in [-0.39, 0.29) is 12.0 Å². The molecule has 6 nitrogen and oxygen atoms in total. The minimum absolute atomic E-state index is 0.0664. The molecule has 7 heteroatoms. The van der Waals surface area contributed by atoms with Crippen molar-refractivity contribution in [3.05, 3.63) is 76.8 Å². The number of piperidine rings is 1. The van der Waals surface area contributed by atoms with Crippen LogP contribution in [-0.4, -0.2) is 65.1 Å². The molecule has 0 aliphatic carbocycles. The smallest absolute Gasteiger partial charge is 0.251 e. The number of fused-ring (bicyclic) bond motifs is 3. The van der Waals surface area contributed by atoms with Crippen molar-refractivity contribution in [1.82, 2.24) is 19.7 Å². The van der Waals surface area contributed by atoms with Crippen LogP contribution >= 0.6 is 11.6 Å². The normalized spacial score (nSPS) is 18.9. The van der Waals surface area contributed by atoms with E-state index in [0.717, 1.165) is 58.5 Å². The number of nitrogens with zero attached hydrogens (tertiary/aromatic N) is 3. The molecule has 1 unspecified atom stereocenters. The Labute approximate surface area is 248 Å². The summed E-state index contributed by atoms with van der Waals surface area (Å²) in [5.74, 6) is 0.537. The van der Waals surface area contributed by atoms with Crippen molar-refractivity contribution in [3.63, 3.8) is 0 Å². The number of hydrogen-bond acceptors (Lipinski definition) is 4. The third-order valence-electron chi connectivity index (χ3n) is 8.98. The molecule has 4 aromatic rings. The summed E-state index contributed by atoms with van der Waals surface area (Å²) < 4.78 is 8.76. The van der Waals surface area contributed by atoms with Crippen LogP contribution in [0.5, 0.6) is 5.75 Å². The first-order valence-corrected chi connectivity index (χ1v) is 15.6. The molecule has 1 aromatic heterocycles. The molecule has 2 aliphatic rings. The number of rotatable bonds is 9. The van der Waals surface area contributed by atoms with Crippen molar-refractivity contribution in [3.8, 4) is 5.75 Å². The molecule has 6 rings (SSSR count). The lowest BCUT2D eigenvalue weighted by atomic mass is 10.0. The Morgan fingerprint density at radius 1 is 0.927 bits per heavy atom. The molecular weight excluding hydrogens is 532 g/mol. The molecule has 0 saturated carbocycles. The molecule has 1 atom stereocenters. The standard InChI is InChI=1S/C34H41ClN4O2/c1-3-38-17-7-8-26(38)22-36-34(40)25-12-13-30(35)33(21-25)41-27-15-18-37(19-16-27)23-24-11-14-32-29(20-24)28-9-5-6-10-31(28)39(32)4-2/h5-6,9-14,20-21,26-27H,3-4,7-8,15-19,22-23H2,1-2H3,(H,36,40). The van der Waals surface area contributed by atoms with Gasteiger partial charge >= 0.3 is 0 Å². The van der Waals surface area contributed by atoms with Gasteiger partial charge in [0.15, 0.2) is 0 Å². The van der Waals surface area contributed by atoms with Crippen LogP contribution in [0.25, 0.3) is 21.8 Å². The molecule has 1 N–H and O–H groups in total. The molecule has 2 saturated heterocycles. The van der Waals surface area contributed by atoms with Crippen molar-refractivity contribution in [1.29, 1.82) is 0 Å². The number of hydrogen-bond donors (Lipinski definition) is 1. The van der Waals surface area contributed by atoms with Gasteiger partial charge < -0.3 is 14.6 Å². The molecular formula is C34H41ClN4O2. The van der Waals surface area contributed by atoms with Crippen LogP contribution in [0, 0.1) is 0 Å². The number of aryl methyl sites for hydroxylation is 1. The van der Waals surface area contributed by atoms with Crippen LogP contribution in [0.15, 0.2) is 60.7 Å². The average Bonchev–Trinajstić information content (AvgIpc) is 3.59. The molecule has 2 aliphatic heterocycles. The van der Waals surface area contributed by atoms with E-state index in [0.29, 0.717) is 28.9 Å². The number of halogens is 1. The number of carbonyl (C=O) groups excluding carboxylic acids is 1. The minimum atomic E-state index is -0.0664. The number of likely N-dealkylation sites (N-methyl/N-ethyl adjacent to an activating group) is 1. The van der Waals surface area contributed by atoms with E-state index < -0.39 is 0 Å². The van der Waals surface area contributed by atoms with Crippen molar-refractivity contribution in [2.24, 2.45) is 0 Å². The van der Waals surface area contributed by atoms with Gasteiger partial charge in [-0.1, -0.05) is 42.8 Å². The fourth-order valence-electron chi connectivity index (χ4n) is 6.75. The number of likely N-dealkylation sites (tertiary alicyclic amines) is 2. The summed E-state index contributed by atoms with van der Waals surface area (Å²) in [7, 11) is 0. The fraction of sp³-hybridized carbons (Fsp3) is 0.441. The van der Waals surface area contributed by atoms with Gasteiger partial charge in [0.2, 0.25) is 0 Å². The Morgan fingerprint density at radius 3 is 2.54 bits per heavy atom. The second-order valence-corrected chi connectivity index (χ2v) is 11.9. The Kier molecular flexibility index (Phi) is 8.52. The molecule has 41 heavy (non-hydrogen) atoms. The van der Waals surface area contributed by atoms with Crippen LogP contribution in [0.4, 0.5) is 0 Å². The summed E-state index contributed by atoms with van der Waals surface area (Å²) in [6.07, 6.45) is 4.28. The highest BCUT2D eigenvalue weighted by Gasteiger charge is 2.25. The lowest BCUT2D eigenvalue weighted by Gasteiger charge is -2.32. The summed E-state index contributed by atoms with van der Waals surface area (Å²) in [6, 6.07) is 21.4. The molecule has 0 radical (unpaired) electrons. The van der Waals surface area contributed by atoms with E-state index in [4.69, 9.17) is 16.3 Å². The zero-order chi connectivity index (χ0) is 28.3. The lowest BCUT2D eigenvalue weighted by Crippen LogP contribution is -2.40. The van der Waals surface area contributed by atoms with E-state index in [2.05, 4.69) is 76.0 Å². The van der Waals surface area contributed by atoms with Crippen molar-refractivity contribution in [2.75, 3.05) is 32.7 Å². The monoisotopic (exact) mass is 572 g/mol. The number of aromatic nitrogens is 1. The van der Waals surface area contributed by atoms with Gasteiger partial charge in [0, 0.05) is 66.1 Å². The maximum atomic E-state index is 12.9. The Hall–Kier alpha value is -3.06. The maximum Gasteiger partial charge on any atom is 0.251 e. The number of carbonyl (C=O) groups is 1. The highest BCUT2D eigenvalue weighted by molar-refractivity contribution is 6.32. The van der Waals surface area contributed by atoms with Gasteiger partial charge in [-0.25, -0.2) is 0 Å². The van der Waals surface area contributed by atoms with Crippen molar-refractivity contribution in [2.45, 2.75) is 64.8 Å². The molecule has 216 valence electrons. The van der Waals surface area contributed by atoms with Crippen LogP contribution in [0.2, 0.25) is 5.02 Å². The summed E-state index contributed by atoms with van der Waals surface area (Å²) in [5, 5.41) is 6.34. The predicted molar refractivity (Wildman–Crippen MR) is 168 cm³/mol. The first-order chi connectivity index (χ1) is 20.0. The predicted octanol–water partition coefficient (Wildman–Crippen LogP) is 6.73. The van der Waals surface area contributed by atoms with Crippen LogP contribution in [0.3, 0.4) is 0 Å². The zero-order valence-electron chi connectivity index (χ0n) is 24.2. The highest BCUT2D eigenvalue weighted by Crippen LogP contribution is 2.31. The largest absolute Gasteiger partial charge is 0.489 e. The van der Waals surface area contributed by atoms with E-state index >= 15 is 0 Å². The van der Waals surface area contributed by atoms with E-state index in [1.165, 1.54) is 33.8 Å². The Bertz CT molecular complexity index is 1520. The van der Waals surface area contributed by atoms with Gasteiger partial charge in [0.1, 0.15) is 11.9 Å².